The Morgan fingerprint density at radius 3 is 2.70 bits per heavy atom. The van der Waals surface area contributed by atoms with Gasteiger partial charge in [0.25, 0.3) is 0 Å². The van der Waals surface area contributed by atoms with Gasteiger partial charge < -0.3 is 10.4 Å². The molecule has 2 N–H and O–H groups in total. The maximum Gasteiger partial charge on any atom is 0.228 e. The fourth-order valence-corrected chi connectivity index (χ4v) is 2.36. The van der Waals surface area contributed by atoms with E-state index in [-0.39, 0.29) is 28.8 Å². The van der Waals surface area contributed by atoms with Gasteiger partial charge >= 0.3 is 0 Å². The van der Waals surface area contributed by atoms with Crippen molar-refractivity contribution in [2.45, 2.75) is 13.3 Å². The Morgan fingerprint density at radius 2 is 2.00 bits per heavy atom. The summed E-state index contributed by atoms with van der Waals surface area (Å²) < 4.78 is 0. The first-order valence-electron chi connectivity index (χ1n) is 5.99. The molecule has 0 unspecified atom stereocenters. The smallest absolute Gasteiger partial charge is 0.228 e. The minimum Gasteiger partial charge on any atom is -0.504 e. The van der Waals surface area contributed by atoms with Crippen LogP contribution in [0.25, 0.3) is 0 Å². The van der Waals surface area contributed by atoms with E-state index in [9.17, 15) is 9.90 Å². The molecule has 0 radical (unpaired) electrons. The molecule has 0 fully saturated rings. The van der Waals surface area contributed by atoms with Gasteiger partial charge in [-0.2, -0.15) is 0 Å². The molecule has 0 aromatic heterocycles. The summed E-state index contributed by atoms with van der Waals surface area (Å²) in [6, 6.07) is 10.5. The van der Waals surface area contributed by atoms with Crippen LogP contribution < -0.4 is 5.32 Å². The molecule has 2 aromatic carbocycles. The molecule has 3 nitrogen and oxygen atoms in total. The molecule has 0 aliphatic carbocycles. The SMILES string of the molecule is Cc1cccc(CC(=O)Nc2cc(Cl)cc(Cl)c2O)c1. The highest BCUT2D eigenvalue weighted by atomic mass is 35.5. The van der Waals surface area contributed by atoms with Crippen molar-refractivity contribution >= 4 is 34.8 Å². The molecule has 104 valence electrons. The van der Waals surface area contributed by atoms with Crippen molar-refractivity contribution in [1.82, 2.24) is 0 Å². The average Bonchev–Trinajstić information content (AvgIpc) is 2.35. The number of phenols is 1. The number of carbonyl (C=O) groups is 1. The van der Waals surface area contributed by atoms with Crippen LogP contribution in [-0.4, -0.2) is 11.0 Å². The Morgan fingerprint density at radius 1 is 1.25 bits per heavy atom. The summed E-state index contributed by atoms with van der Waals surface area (Å²) in [6.07, 6.45) is 0.214. The van der Waals surface area contributed by atoms with E-state index >= 15 is 0 Å². The molecule has 0 heterocycles. The van der Waals surface area contributed by atoms with Crippen molar-refractivity contribution in [2.75, 3.05) is 5.32 Å². The summed E-state index contributed by atoms with van der Waals surface area (Å²) in [6.45, 7) is 1.96. The molecule has 0 aliphatic rings. The van der Waals surface area contributed by atoms with Crippen LogP contribution in [0.5, 0.6) is 5.75 Å². The minimum atomic E-state index is -0.246. The van der Waals surface area contributed by atoms with Crippen LogP contribution in [0, 0.1) is 6.92 Å². The number of rotatable bonds is 3. The summed E-state index contributed by atoms with van der Waals surface area (Å²) >= 11 is 11.6. The van der Waals surface area contributed by atoms with Crippen molar-refractivity contribution in [2.24, 2.45) is 0 Å². The van der Waals surface area contributed by atoms with E-state index in [0.29, 0.717) is 5.02 Å². The standard InChI is InChI=1S/C15H13Cl2NO2/c1-9-3-2-4-10(5-9)6-14(19)18-13-8-11(16)7-12(17)15(13)20/h2-5,7-8,20H,6H2,1H3,(H,18,19). The summed E-state index contributed by atoms with van der Waals surface area (Å²) in [5.74, 6) is -0.433. The molecule has 0 aliphatic heterocycles. The lowest BCUT2D eigenvalue weighted by Crippen LogP contribution is -2.14. The second-order valence-corrected chi connectivity index (χ2v) is 5.34. The van der Waals surface area contributed by atoms with Crippen molar-refractivity contribution < 1.29 is 9.90 Å². The molecular weight excluding hydrogens is 297 g/mol. The van der Waals surface area contributed by atoms with Gasteiger partial charge in [0.2, 0.25) is 5.91 Å². The van der Waals surface area contributed by atoms with E-state index in [1.54, 1.807) is 0 Å². The number of halogens is 2. The van der Waals surface area contributed by atoms with Crippen molar-refractivity contribution in [3.05, 3.63) is 57.6 Å². The molecule has 0 bridgehead atoms. The van der Waals surface area contributed by atoms with E-state index in [2.05, 4.69) is 5.32 Å². The van der Waals surface area contributed by atoms with Crippen LogP contribution in [-0.2, 0) is 11.2 Å². The van der Waals surface area contributed by atoms with Crippen LogP contribution in [0.4, 0.5) is 5.69 Å². The average molecular weight is 310 g/mol. The van der Waals surface area contributed by atoms with Crippen LogP contribution in [0.2, 0.25) is 10.0 Å². The van der Waals surface area contributed by atoms with E-state index in [1.807, 2.05) is 31.2 Å². The zero-order chi connectivity index (χ0) is 14.7. The molecule has 0 saturated heterocycles. The van der Waals surface area contributed by atoms with E-state index in [0.717, 1.165) is 11.1 Å². The second-order valence-electron chi connectivity index (χ2n) is 4.50. The fourth-order valence-electron chi connectivity index (χ4n) is 1.86. The van der Waals surface area contributed by atoms with Gasteiger partial charge in [-0.3, -0.25) is 4.79 Å². The summed E-state index contributed by atoms with van der Waals surface area (Å²) in [5.41, 5.74) is 2.19. The Labute approximate surface area is 127 Å². The van der Waals surface area contributed by atoms with Gasteiger partial charge in [0, 0.05) is 5.02 Å². The summed E-state index contributed by atoms with van der Waals surface area (Å²) in [5, 5.41) is 12.8. The molecule has 0 saturated carbocycles. The fraction of sp³-hybridized carbons (Fsp3) is 0.133. The highest BCUT2D eigenvalue weighted by Crippen LogP contribution is 2.35. The lowest BCUT2D eigenvalue weighted by atomic mass is 10.1. The number of hydrogen-bond acceptors (Lipinski definition) is 2. The van der Waals surface area contributed by atoms with Crippen LogP contribution >= 0.6 is 23.2 Å². The third-order valence-electron chi connectivity index (χ3n) is 2.75. The third-order valence-corrected chi connectivity index (χ3v) is 3.26. The topological polar surface area (TPSA) is 49.3 Å². The lowest BCUT2D eigenvalue weighted by Gasteiger charge is -2.09. The Balaban J connectivity index is 2.12. The van der Waals surface area contributed by atoms with E-state index < -0.39 is 0 Å². The molecule has 5 heteroatoms. The van der Waals surface area contributed by atoms with Crippen LogP contribution in [0.3, 0.4) is 0 Å². The van der Waals surface area contributed by atoms with Gasteiger partial charge in [-0.25, -0.2) is 0 Å². The zero-order valence-corrected chi connectivity index (χ0v) is 12.3. The predicted molar refractivity (Wildman–Crippen MR) is 81.6 cm³/mol. The molecule has 0 spiro atoms. The van der Waals surface area contributed by atoms with Gasteiger partial charge in [-0.05, 0) is 24.6 Å². The summed E-state index contributed by atoms with van der Waals surface area (Å²) in [4.78, 5) is 12.0. The monoisotopic (exact) mass is 309 g/mol. The van der Waals surface area contributed by atoms with Gasteiger partial charge in [0.15, 0.2) is 5.75 Å². The van der Waals surface area contributed by atoms with Gasteiger partial charge in [0.05, 0.1) is 17.1 Å². The maximum absolute atomic E-state index is 12.0. The van der Waals surface area contributed by atoms with Crippen LogP contribution in [0.1, 0.15) is 11.1 Å². The largest absolute Gasteiger partial charge is 0.504 e. The van der Waals surface area contributed by atoms with Crippen molar-refractivity contribution in [3.63, 3.8) is 0 Å². The van der Waals surface area contributed by atoms with Gasteiger partial charge in [-0.1, -0.05) is 53.0 Å². The zero-order valence-electron chi connectivity index (χ0n) is 10.8. The lowest BCUT2D eigenvalue weighted by molar-refractivity contribution is -0.115. The predicted octanol–water partition coefficient (Wildman–Crippen LogP) is 4.19. The Kier molecular flexibility index (Phi) is 4.53. The highest BCUT2D eigenvalue weighted by Gasteiger charge is 2.11. The molecule has 2 aromatic rings. The number of anilines is 1. The Bertz CT molecular complexity index is 656. The number of phenolic OH excluding ortho intramolecular Hbond substituents is 1. The molecular formula is C15H13Cl2NO2. The number of carbonyl (C=O) groups excluding carboxylic acids is 1. The number of benzene rings is 2. The van der Waals surface area contributed by atoms with E-state index in [1.165, 1.54) is 12.1 Å². The first-order chi connectivity index (χ1) is 9.45. The third kappa shape index (κ3) is 3.65. The minimum absolute atomic E-state index is 0.100. The highest BCUT2D eigenvalue weighted by molar-refractivity contribution is 6.36. The number of aryl methyl sites for hydroxylation is 1. The first kappa shape index (κ1) is 14.7. The first-order valence-corrected chi connectivity index (χ1v) is 6.74. The molecule has 0 atom stereocenters. The Hall–Kier alpha value is -1.71. The van der Waals surface area contributed by atoms with Gasteiger partial charge in [0.1, 0.15) is 0 Å². The number of aromatic hydroxyl groups is 1. The van der Waals surface area contributed by atoms with E-state index in [4.69, 9.17) is 23.2 Å². The summed E-state index contributed by atoms with van der Waals surface area (Å²) in [7, 11) is 0. The van der Waals surface area contributed by atoms with Crippen LogP contribution in [0.15, 0.2) is 36.4 Å². The molecule has 1 amide bonds. The second kappa shape index (κ2) is 6.16. The van der Waals surface area contributed by atoms with Crippen molar-refractivity contribution in [1.29, 1.82) is 0 Å². The van der Waals surface area contributed by atoms with Crippen molar-refractivity contribution in [3.8, 4) is 5.75 Å². The molecule has 20 heavy (non-hydrogen) atoms. The quantitative estimate of drug-likeness (QED) is 0.835. The normalized spacial score (nSPS) is 10.3. The number of amides is 1. The number of hydrogen-bond donors (Lipinski definition) is 2. The van der Waals surface area contributed by atoms with Gasteiger partial charge in [-0.15, -0.1) is 0 Å². The maximum atomic E-state index is 12.0. The molecule has 2 rings (SSSR count). The number of nitrogens with one attached hydrogen (secondary N) is 1.